The molecule has 0 amide bonds. The fraction of sp³-hybridized carbons (Fsp3) is 1.00. The van der Waals surface area contributed by atoms with Crippen molar-refractivity contribution in [1.29, 1.82) is 0 Å². The predicted molar refractivity (Wildman–Crippen MR) is 88.6 cm³/mol. The molecule has 0 aromatic carbocycles. The van der Waals surface area contributed by atoms with E-state index >= 15 is 0 Å². The Morgan fingerprint density at radius 3 is 2.26 bits per heavy atom. The lowest BCUT2D eigenvalue weighted by Gasteiger charge is -2.38. The smallest absolute Gasteiger partial charge is 0.00979 e. The standard InChI is InChI=1S/C15H30N2.2ClH/c16-10-6-12-17-11-5-4-9-15(17)13-14-7-2-1-3-8-14;;/h14-15H,1-13,16H2;2*1H. The third-order valence-corrected chi connectivity index (χ3v) is 4.73. The van der Waals surface area contributed by atoms with Crippen LogP contribution in [0.5, 0.6) is 0 Å². The fourth-order valence-corrected chi connectivity index (χ4v) is 3.72. The Hall–Kier alpha value is 0.500. The number of hydrogen-bond acceptors (Lipinski definition) is 2. The van der Waals surface area contributed by atoms with Crippen molar-refractivity contribution in [2.75, 3.05) is 19.6 Å². The molecule has 1 aliphatic carbocycles. The number of nitrogens with two attached hydrogens (primary N) is 1. The van der Waals surface area contributed by atoms with Gasteiger partial charge < -0.3 is 10.6 Å². The minimum atomic E-state index is 0. The first kappa shape index (κ1) is 19.5. The van der Waals surface area contributed by atoms with Crippen LogP contribution >= 0.6 is 24.8 Å². The van der Waals surface area contributed by atoms with Gasteiger partial charge in [0.05, 0.1) is 0 Å². The Labute approximate surface area is 131 Å². The maximum atomic E-state index is 5.65. The van der Waals surface area contributed by atoms with Gasteiger partial charge in [0, 0.05) is 6.04 Å². The third-order valence-electron chi connectivity index (χ3n) is 4.73. The summed E-state index contributed by atoms with van der Waals surface area (Å²) in [6.07, 6.45) is 14.4. The predicted octanol–water partition coefficient (Wildman–Crippen LogP) is 4.00. The minimum absolute atomic E-state index is 0. The van der Waals surface area contributed by atoms with Crippen LogP contribution in [0.15, 0.2) is 0 Å². The van der Waals surface area contributed by atoms with Crippen LogP contribution in [0.25, 0.3) is 0 Å². The highest BCUT2D eigenvalue weighted by Gasteiger charge is 2.25. The molecule has 2 N–H and O–H groups in total. The van der Waals surface area contributed by atoms with Crippen molar-refractivity contribution in [3.05, 3.63) is 0 Å². The molecule has 1 saturated carbocycles. The maximum Gasteiger partial charge on any atom is 0.00979 e. The van der Waals surface area contributed by atoms with E-state index in [0.717, 1.165) is 18.5 Å². The lowest BCUT2D eigenvalue weighted by molar-refractivity contribution is 0.116. The van der Waals surface area contributed by atoms with Crippen LogP contribution in [-0.4, -0.2) is 30.6 Å². The summed E-state index contributed by atoms with van der Waals surface area (Å²) in [6.45, 7) is 3.43. The van der Waals surface area contributed by atoms with Crippen molar-refractivity contribution in [3.63, 3.8) is 0 Å². The fourth-order valence-electron chi connectivity index (χ4n) is 3.72. The number of likely N-dealkylation sites (tertiary alicyclic amines) is 1. The van der Waals surface area contributed by atoms with E-state index in [1.165, 1.54) is 77.3 Å². The second-order valence-electron chi connectivity index (χ2n) is 6.07. The lowest BCUT2D eigenvalue weighted by atomic mass is 9.82. The molecule has 1 unspecified atom stereocenters. The third kappa shape index (κ3) is 6.66. The average Bonchev–Trinajstić information content (AvgIpc) is 2.39. The molecule has 116 valence electrons. The van der Waals surface area contributed by atoms with Crippen LogP contribution in [0, 0.1) is 5.92 Å². The lowest BCUT2D eigenvalue weighted by Crippen LogP contribution is -2.41. The quantitative estimate of drug-likeness (QED) is 0.831. The Bertz CT molecular complexity index is 208. The molecule has 2 nitrogen and oxygen atoms in total. The van der Waals surface area contributed by atoms with E-state index in [1.54, 1.807) is 0 Å². The van der Waals surface area contributed by atoms with Gasteiger partial charge in [0.2, 0.25) is 0 Å². The molecule has 1 saturated heterocycles. The summed E-state index contributed by atoms with van der Waals surface area (Å²) in [7, 11) is 0. The van der Waals surface area contributed by atoms with Gasteiger partial charge in [-0.1, -0.05) is 38.5 Å². The summed E-state index contributed by atoms with van der Waals surface area (Å²) in [5.74, 6) is 1.03. The Balaban J connectivity index is 0.00000162. The molecular formula is C15H32Cl2N2. The molecule has 0 aromatic heterocycles. The van der Waals surface area contributed by atoms with Crippen molar-refractivity contribution < 1.29 is 0 Å². The summed E-state index contributed by atoms with van der Waals surface area (Å²) in [4.78, 5) is 2.74. The van der Waals surface area contributed by atoms with Crippen molar-refractivity contribution in [3.8, 4) is 0 Å². The van der Waals surface area contributed by atoms with E-state index in [2.05, 4.69) is 4.90 Å². The number of rotatable bonds is 5. The van der Waals surface area contributed by atoms with Crippen molar-refractivity contribution in [2.24, 2.45) is 11.7 Å². The molecule has 1 aliphatic heterocycles. The molecule has 1 heterocycles. The van der Waals surface area contributed by atoms with E-state index in [1.807, 2.05) is 0 Å². The maximum absolute atomic E-state index is 5.65. The molecule has 0 spiro atoms. The molecule has 2 fully saturated rings. The van der Waals surface area contributed by atoms with Crippen LogP contribution < -0.4 is 5.73 Å². The molecular weight excluding hydrogens is 279 g/mol. The normalized spacial score (nSPS) is 25.4. The van der Waals surface area contributed by atoms with E-state index in [9.17, 15) is 0 Å². The molecule has 1 atom stereocenters. The van der Waals surface area contributed by atoms with Gasteiger partial charge in [-0.2, -0.15) is 0 Å². The molecule has 4 heteroatoms. The first-order valence-corrected chi connectivity index (χ1v) is 7.84. The van der Waals surface area contributed by atoms with Crippen LogP contribution in [0.1, 0.15) is 64.2 Å². The zero-order chi connectivity index (χ0) is 11.9. The first-order chi connectivity index (χ1) is 8.40. The number of hydrogen-bond donors (Lipinski definition) is 1. The van der Waals surface area contributed by atoms with E-state index in [4.69, 9.17) is 5.73 Å². The van der Waals surface area contributed by atoms with Crippen molar-refractivity contribution in [2.45, 2.75) is 70.3 Å². The largest absolute Gasteiger partial charge is 0.330 e. The molecule has 2 aliphatic rings. The molecule has 2 rings (SSSR count). The number of halogens is 2. The van der Waals surface area contributed by atoms with Gasteiger partial charge in [-0.15, -0.1) is 24.8 Å². The summed E-state index contributed by atoms with van der Waals surface area (Å²) < 4.78 is 0. The van der Waals surface area contributed by atoms with Crippen LogP contribution in [0.3, 0.4) is 0 Å². The van der Waals surface area contributed by atoms with Crippen LogP contribution in [0.2, 0.25) is 0 Å². The van der Waals surface area contributed by atoms with E-state index in [-0.39, 0.29) is 24.8 Å². The van der Waals surface area contributed by atoms with Crippen molar-refractivity contribution >= 4 is 24.8 Å². The van der Waals surface area contributed by atoms with Gasteiger partial charge in [-0.05, 0) is 51.2 Å². The summed E-state index contributed by atoms with van der Waals surface area (Å²) in [5, 5.41) is 0. The van der Waals surface area contributed by atoms with Gasteiger partial charge in [0.15, 0.2) is 0 Å². The Kier molecular flexibility index (Phi) is 11.5. The van der Waals surface area contributed by atoms with Gasteiger partial charge in [0.1, 0.15) is 0 Å². The van der Waals surface area contributed by atoms with Gasteiger partial charge in [-0.3, -0.25) is 0 Å². The Morgan fingerprint density at radius 1 is 0.895 bits per heavy atom. The number of nitrogens with zero attached hydrogens (tertiary/aromatic N) is 1. The van der Waals surface area contributed by atoms with E-state index < -0.39 is 0 Å². The molecule has 0 bridgehead atoms. The summed E-state index contributed by atoms with van der Waals surface area (Å²) >= 11 is 0. The molecule has 0 radical (unpaired) electrons. The minimum Gasteiger partial charge on any atom is -0.330 e. The highest BCUT2D eigenvalue weighted by Crippen LogP contribution is 2.31. The summed E-state index contributed by atoms with van der Waals surface area (Å²) in [6, 6.07) is 0.887. The summed E-state index contributed by atoms with van der Waals surface area (Å²) in [5.41, 5.74) is 5.65. The highest BCUT2D eigenvalue weighted by atomic mass is 35.5. The Morgan fingerprint density at radius 2 is 1.58 bits per heavy atom. The zero-order valence-electron chi connectivity index (χ0n) is 12.2. The van der Waals surface area contributed by atoms with Crippen LogP contribution in [0.4, 0.5) is 0 Å². The van der Waals surface area contributed by atoms with Gasteiger partial charge >= 0.3 is 0 Å². The first-order valence-electron chi connectivity index (χ1n) is 7.84. The molecule has 19 heavy (non-hydrogen) atoms. The SMILES string of the molecule is Cl.Cl.NCCCN1CCCCC1CC1CCCCC1. The van der Waals surface area contributed by atoms with Crippen molar-refractivity contribution in [1.82, 2.24) is 4.90 Å². The van der Waals surface area contributed by atoms with Gasteiger partial charge in [0.25, 0.3) is 0 Å². The average molecular weight is 311 g/mol. The topological polar surface area (TPSA) is 29.3 Å². The second-order valence-corrected chi connectivity index (χ2v) is 6.07. The van der Waals surface area contributed by atoms with E-state index in [0.29, 0.717) is 0 Å². The van der Waals surface area contributed by atoms with Crippen LogP contribution in [-0.2, 0) is 0 Å². The second kappa shape index (κ2) is 11.2. The van der Waals surface area contributed by atoms with Gasteiger partial charge in [-0.25, -0.2) is 0 Å². The zero-order valence-corrected chi connectivity index (χ0v) is 13.8. The molecule has 0 aromatic rings. The highest BCUT2D eigenvalue weighted by molar-refractivity contribution is 5.85. The monoisotopic (exact) mass is 310 g/mol. The number of piperidine rings is 1.